The highest BCUT2D eigenvalue weighted by molar-refractivity contribution is 8.81. The van der Waals surface area contributed by atoms with Crippen LogP contribution in [0.15, 0.2) is 0 Å². The van der Waals surface area contributed by atoms with Gasteiger partial charge in [-0.3, -0.25) is 14.1 Å². The molecule has 0 amide bonds. The van der Waals surface area contributed by atoms with Crippen LogP contribution in [0.25, 0.3) is 0 Å². The van der Waals surface area contributed by atoms with Crippen LogP contribution in [0.1, 0.15) is 0 Å². The fourth-order valence-electron chi connectivity index (χ4n) is 2.84. The molecule has 2 fully saturated rings. The predicted molar refractivity (Wildman–Crippen MR) is 122 cm³/mol. The second-order valence-corrected chi connectivity index (χ2v) is 27.5. The van der Waals surface area contributed by atoms with E-state index in [-0.39, 0.29) is 26.4 Å². The minimum atomic E-state index is -0.751. The van der Waals surface area contributed by atoms with E-state index < -0.39 is 7.53 Å². The Morgan fingerprint density at radius 2 is 1.81 bits per heavy atom. The Hall–Kier alpha value is 3.69. The van der Waals surface area contributed by atoms with Gasteiger partial charge in [-0.1, -0.05) is 53.6 Å². The van der Waals surface area contributed by atoms with Crippen molar-refractivity contribution in [3.8, 4) is 0 Å². The van der Waals surface area contributed by atoms with Crippen molar-refractivity contribution in [1.82, 2.24) is 9.34 Å². The zero-order valence-electron chi connectivity index (χ0n) is 11.4. The molecule has 4 nitrogen and oxygen atoms in total. The molecular formula is C7H22N2O2P10. The van der Waals surface area contributed by atoms with Crippen molar-refractivity contribution in [1.29, 1.82) is 0 Å². The number of hydrogen-bond donors (Lipinski definition) is 0. The average molecular weight is 476 g/mol. The van der Waals surface area contributed by atoms with Crippen LogP contribution in [0.3, 0.4) is 0 Å². The Morgan fingerprint density at radius 1 is 1.14 bits per heavy atom. The Morgan fingerprint density at radius 3 is 2.33 bits per heavy atom. The van der Waals surface area contributed by atoms with Crippen LogP contribution in [0, 0.1) is 11.8 Å². The first-order valence-corrected chi connectivity index (χ1v) is 21.6. The lowest BCUT2D eigenvalue weighted by Crippen LogP contribution is -2.37. The van der Waals surface area contributed by atoms with Crippen molar-refractivity contribution in [2.75, 3.05) is 19.6 Å². The SMILES string of the molecule is O=C(OP(P)P(P)P)[C@@H]1[C@H]2CN(P(P)P)C[C@H]2CN1PP. The molecule has 2 heterocycles. The maximum Gasteiger partial charge on any atom is 0.327 e. The molecule has 0 radical (unpaired) electrons. The van der Waals surface area contributed by atoms with Gasteiger partial charge in [0.1, 0.15) is 13.6 Å². The molecule has 0 aromatic heterocycles. The summed E-state index contributed by atoms with van der Waals surface area (Å²) in [6.45, 7) is 2.76. The standard InChI is InChI=1S/C7H22N2O2P10/c10-7(11-20(15)21(16)17)6-5-3-8(19(13)14)1-4(5)2-9(6)18-12/h4-6,18H,1-3,12-17H2/t4-,5-,6-,20?/m0/s1. The topological polar surface area (TPSA) is 32.8 Å². The largest absolute Gasteiger partial charge is 0.434 e. The van der Waals surface area contributed by atoms with Crippen molar-refractivity contribution in [3.63, 3.8) is 0 Å². The summed E-state index contributed by atoms with van der Waals surface area (Å²) in [5, 5.41) is 0. The van der Waals surface area contributed by atoms with Crippen LogP contribution in [0.4, 0.5) is 0 Å². The van der Waals surface area contributed by atoms with Crippen molar-refractivity contribution in [3.05, 3.63) is 0 Å². The van der Waals surface area contributed by atoms with E-state index in [0.717, 1.165) is 19.6 Å². The molecule has 122 valence electrons. The highest BCUT2D eigenvalue weighted by Gasteiger charge is 2.51. The van der Waals surface area contributed by atoms with Gasteiger partial charge in [0.25, 0.3) is 0 Å². The molecule has 2 aliphatic rings. The molecule has 0 aromatic rings. The Labute approximate surface area is 146 Å². The summed E-state index contributed by atoms with van der Waals surface area (Å²) in [6.07, 6.45) is 0. The molecule has 8 unspecified atom stereocenters. The second kappa shape index (κ2) is 9.58. The zero-order chi connectivity index (χ0) is 15.7. The van der Waals surface area contributed by atoms with E-state index in [4.69, 9.17) is 4.52 Å². The molecular weight excluding hydrogens is 454 g/mol. The van der Waals surface area contributed by atoms with Gasteiger partial charge in [0.15, 0.2) is 0 Å². The monoisotopic (exact) mass is 476 g/mol. The smallest absolute Gasteiger partial charge is 0.327 e. The van der Waals surface area contributed by atoms with Gasteiger partial charge in [0.2, 0.25) is 0 Å². The first-order valence-electron chi connectivity index (χ1n) is 6.18. The predicted octanol–water partition coefficient (Wildman–Crippen LogP) is 4.29. The third-order valence-electron chi connectivity index (χ3n) is 3.79. The molecule has 14 heteroatoms. The third-order valence-corrected chi connectivity index (χ3v) is 22.6. The normalized spacial score (nSPS) is 32.5. The van der Waals surface area contributed by atoms with Crippen molar-refractivity contribution in [2.45, 2.75) is 6.04 Å². The Bertz CT molecular complexity index is 386. The third kappa shape index (κ3) is 5.34. The molecule has 2 aliphatic heterocycles. The summed E-state index contributed by atoms with van der Waals surface area (Å²) in [4.78, 5) is 12.7. The molecule has 2 rings (SSSR count). The molecule has 0 saturated carbocycles. The maximum absolute atomic E-state index is 12.7. The van der Waals surface area contributed by atoms with Crippen LogP contribution >= 0.6 is 84.0 Å². The molecule has 11 atom stereocenters. The van der Waals surface area contributed by atoms with Gasteiger partial charge in [0, 0.05) is 40.0 Å². The quantitative estimate of drug-likeness (QED) is 0.555. The lowest BCUT2D eigenvalue weighted by atomic mass is 9.94. The lowest BCUT2D eigenvalue weighted by molar-refractivity contribution is -0.137. The summed E-state index contributed by atoms with van der Waals surface area (Å²) in [5.41, 5.74) is 0. The Balaban J connectivity index is 2.06. The van der Waals surface area contributed by atoms with Crippen molar-refractivity contribution >= 4 is 89.9 Å². The second-order valence-electron chi connectivity index (χ2n) is 4.99. The number of carbonyl (C=O) groups excluding carboxylic acids is 1. The number of fused-ring (bicyclic) bond motifs is 1. The fourth-order valence-corrected chi connectivity index (χ4v) is 8.41. The number of carbonyl (C=O) groups is 1. The fraction of sp³-hybridized carbons (Fsp3) is 0.857. The average Bonchev–Trinajstić information content (AvgIpc) is 2.94. The van der Waals surface area contributed by atoms with E-state index in [0.29, 0.717) is 20.3 Å². The first kappa shape index (κ1) is 21.0. The summed E-state index contributed by atoms with van der Waals surface area (Å²) in [5.74, 6) is 1.01. The van der Waals surface area contributed by atoms with Crippen LogP contribution < -0.4 is 0 Å². The van der Waals surface area contributed by atoms with Gasteiger partial charge in [-0.25, -0.2) is 0 Å². The zero-order valence-corrected chi connectivity index (χ0v) is 22.0. The summed E-state index contributed by atoms with van der Waals surface area (Å²) in [7, 11) is 16.4. The minimum absolute atomic E-state index is 0.0188. The molecule has 0 N–H and O–H groups in total. The number of hydrogen-bond acceptors (Lipinski definition) is 4. The van der Waals surface area contributed by atoms with Crippen molar-refractivity contribution < 1.29 is 9.32 Å². The van der Waals surface area contributed by atoms with Gasteiger partial charge in [0.05, 0.1) is 0 Å². The van der Waals surface area contributed by atoms with E-state index in [1.807, 2.05) is 0 Å². The minimum Gasteiger partial charge on any atom is -0.434 e. The summed E-state index contributed by atoms with van der Waals surface area (Å²) < 4.78 is 10.5. The lowest BCUT2D eigenvalue weighted by Gasteiger charge is -2.28. The van der Waals surface area contributed by atoms with E-state index in [1.54, 1.807) is 0 Å². The summed E-state index contributed by atoms with van der Waals surface area (Å²) in [6, 6.07) is -0.0590. The number of rotatable bonds is 5. The van der Waals surface area contributed by atoms with Gasteiger partial charge in [-0.05, 0) is 14.3 Å². The van der Waals surface area contributed by atoms with E-state index in [1.165, 1.54) is 0 Å². The first-order chi connectivity index (χ1) is 9.85. The molecule has 0 bridgehead atoms. The molecule has 21 heavy (non-hydrogen) atoms. The highest BCUT2D eigenvalue weighted by atomic mass is 32.8. The van der Waals surface area contributed by atoms with E-state index >= 15 is 0 Å². The molecule has 0 spiro atoms. The van der Waals surface area contributed by atoms with Crippen LogP contribution in [0.2, 0.25) is 0 Å². The number of nitrogens with zero attached hydrogens (tertiary/aromatic N) is 2. The Kier molecular flexibility index (Phi) is 9.57. The van der Waals surface area contributed by atoms with Gasteiger partial charge in [-0.15, -0.1) is 0 Å². The van der Waals surface area contributed by atoms with Crippen LogP contribution in [0.5, 0.6) is 0 Å². The van der Waals surface area contributed by atoms with E-state index in [9.17, 15) is 4.79 Å². The highest BCUT2D eigenvalue weighted by Crippen LogP contribution is 2.83. The van der Waals surface area contributed by atoms with E-state index in [2.05, 4.69) is 62.9 Å². The van der Waals surface area contributed by atoms with Gasteiger partial charge >= 0.3 is 5.97 Å². The van der Waals surface area contributed by atoms with Gasteiger partial charge < -0.3 is 4.52 Å². The maximum atomic E-state index is 12.7. The molecule has 0 aliphatic carbocycles. The van der Waals surface area contributed by atoms with Crippen molar-refractivity contribution in [2.24, 2.45) is 11.8 Å². The van der Waals surface area contributed by atoms with Crippen LogP contribution in [-0.4, -0.2) is 41.0 Å². The summed E-state index contributed by atoms with van der Waals surface area (Å²) >= 11 is 0. The van der Waals surface area contributed by atoms with Gasteiger partial charge in [-0.2, -0.15) is 0 Å². The van der Waals surface area contributed by atoms with Crippen LogP contribution in [-0.2, 0) is 9.32 Å². The molecule has 0 aromatic carbocycles. The molecule has 2 saturated heterocycles.